The summed E-state index contributed by atoms with van der Waals surface area (Å²) in [6.07, 6.45) is 0.603. The van der Waals surface area contributed by atoms with E-state index in [0.29, 0.717) is 38.4 Å². The molecule has 0 aliphatic carbocycles. The lowest BCUT2D eigenvalue weighted by atomic mass is 9.97. The van der Waals surface area contributed by atoms with Crippen molar-refractivity contribution >= 4 is 51.7 Å². The Bertz CT molecular complexity index is 1690. The molecule has 0 bridgehead atoms. The molecule has 1 unspecified atom stereocenters. The van der Waals surface area contributed by atoms with Gasteiger partial charge in [-0.3, -0.25) is 9.59 Å². The van der Waals surface area contributed by atoms with Gasteiger partial charge in [-0.25, -0.2) is 4.79 Å². The summed E-state index contributed by atoms with van der Waals surface area (Å²) in [4.78, 5) is 42.8. The van der Waals surface area contributed by atoms with E-state index in [1.807, 2.05) is 22.8 Å². The lowest BCUT2D eigenvalue weighted by Gasteiger charge is -2.34. The Morgan fingerprint density at radius 2 is 1.82 bits per heavy atom. The number of thiophene rings is 1. The predicted octanol–water partition coefficient (Wildman–Crippen LogP) is 6.75. The van der Waals surface area contributed by atoms with Gasteiger partial charge in [-0.2, -0.15) is 0 Å². The van der Waals surface area contributed by atoms with Crippen molar-refractivity contribution in [1.82, 2.24) is 19.9 Å². The van der Waals surface area contributed by atoms with Crippen LogP contribution in [0.1, 0.15) is 80.9 Å². The second-order valence-electron chi connectivity index (χ2n) is 12.6. The smallest absolute Gasteiger partial charge is 0.341 e. The second kappa shape index (κ2) is 13.4. The van der Waals surface area contributed by atoms with E-state index in [-0.39, 0.29) is 24.1 Å². The fraction of sp³-hybridized carbons (Fsp3) is 0.455. The molecule has 1 aliphatic rings. The number of rotatable bonds is 9. The Balaban J connectivity index is 1.45. The van der Waals surface area contributed by atoms with Crippen LogP contribution in [-0.4, -0.2) is 63.9 Å². The topological polar surface area (TPSA) is 116 Å². The van der Waals surface area contributed by atoms with E-state index in [9.17, 15) is 14.4 Å². The van der Waals surface area contributed by atoms with Gasteiger partial charge in [-0.15, -0.1) is 11.3 Å². The number of nitrogens with zero attached hydrogens (tertiary/aromatic N) is 3. The molecule has 1 N–H and O–H groups in total. The van der Waals surface area contributed by atoms with Crippen LogP contribution < -0.4 is 5.32 Å². The number of halogens is 1. The van der Waals surface area contributed by atoms with Gasteiger partial charge in [0.05, 0.1) is 26.7 Å². The van der Waals surface area contributed by atoms with Gasteiger partial charge >= 0.3 is 11.9 Å². The van der Waals surface area contributed by atoms with Gasteiger partial charge in [0.1, 0.15) is 11.4 Å². The number of aromatic nitrogens is 2. The SMILES string of the molecule is CC(OC(=O)c1cccc2c1cc(C(=O)NC1CCN(C(C)C)CC1)n2Cc1cc(-c2ccc(Cl)s2)on1)OC(=O)C(C)(C)C. The molecule has 4 aromatic rings. The number of hydrogen-bond acceptors (Lipinski definition) is 9. The first-order valence-corrected chi connectivity index (χ1v) is 16.3. The third-order valence-corrected chi connectivity index (χ3v) is 9.09. The molecule has 1 aliphatic heterocycles. The predicted molar refractivity (Wildman–Crippen MR) is 173 cm³/mol. The molecule has 45 heavy (non-hydrogen) atoms. The van der Waals surface area contributed by atoms with Crippen LogP contribution >= 0.6 is 22.9 Å². The van der Waals surface area contributed by atoms with Crippen molar-refractivity contribution in [3.63, 3.8) is 0 Å². The number of likely N-dealkylation sites (tertiary alicyclic amines) is 1. The second-order valence-corrected chi connectivity index (χ2v) is 14.4. The molecular weight excluding hydrogens is 616 g/mol. The summed E-state index contributed by atoms with van der Waals surface area (Å²) in [5, 5.41) is 8.01. The molecule has 1 aromatic carbocycles. The minimum absolute atomic E-state index is 0.0315. The molecule has 1 amide bonds. The van der Waals surface area contributed by atoms with Gasteiger partial charge < -0.3 is 28.8 Å². The van der Waals surface area contributed by atoms with Crippen molar-refractivity contribution in [3.8, 4) is 10.6 Å². The van der Waals surface area contributed by atoms with Crippen LogP contribution in [-0.2, 0) is 20.8 Å². The summed E-state index contributed by atoms with van der Waals surface area (Å²) in [5.74, 6) is -0.820. The molecular formula is C33H39ClN4O6S. The third kappa shape index (κ3) is 7.59. The average Bonchev–Trinajstić information content (AvgIpc) is 3.71. The van der Waals surface area contributed by atoms with E-state index < -0.39 is 23.6 Å². The van der Waals surface area contributed by atoms with Crippen molar-refractivity contribution in [2.75, 3.05) is 13.1 Å². The highest BCUT2D eigenvalue weighted by Crippen LogP contribution is 2.32. The standard InChI is InChI=1S/C33H39ClN4O6S/c1-19(2)37-14-12-21(13-15-37)35-30(39)26-17-24-23(31(40)42-20(3)43-32(41)33(4,5)6)8-7-9-25(24)38(26)18-22-16-27(44-36-22)28-10-11-29(34)45-28/h7-11,16-17,19-21H,12-15,18H2,1-6H3,(H,35,39). The molecule has 0 radical (unpaired) electrons. The molecule has 240 valence electrons. The number of benzene rings is 1. The maximum Gasteiger partial charge on any atom is 0.341 e. The van der Waals surface area contributed by atoms with E-state index in [4.69, 9.17) is 25.6 Å². The van der Waals surface area contributed by atoms with Gasteiger partial charge in [-0.1, -0.05) is 22.8 Å². The molecule has 5 rings (SSSR count). The lowest BCUT2D eigenvalue weighted by Crippen LogP contribution is -2.46. The Morgan fingerprint density at radius 1 is 1.09 bits per heavy atom. The van der Waals surface area contributed by atoms with Gasteiger partial charge in [0, 0.05) is 49.1 Å². The first-order chi connectivity index (χ1) is 21.3. The van der Waals surface area contributed by atoms with Crippen LogP contribution in [0.15, 0.2) is 47.0 Å². The summed E-state index contributed by atoms with van der Waals surface area (Å²) in [7, 11) is 0. The number of hydrogen-bond donors (Lipinski definition) is 1. The quantitative estimate of drug-likeness (QED) is 0.156. The minimum Gasteiger partial charge on any atom is -0.425 e. The Morgan fingerprint density at radius 3 is 2.47 bits per heavy atom. The number of carbonyl (C=O) groups is 3. The first-order valence-electron chi connectivity index (χ1n) is 15.1. The monoisotopic (exact) mass is 654 g/mol. The molecule has 10 nitrogen and oxygen atoms in total. The normalized spacial score (nSPS) is 15.4. The molecule has 0 spiro atoms. The van der Waals surface area contributed by atoms with Crippen molar-refractivity contribution in [3.05, 3.63) is 63.8 Å². The maximum absolute atomic E-state index is 13.8. The van der Waals surface area contributed by atoms with E-state index in [0.717, 1.165) is 30.8 Å². The number of esters is 2. The lowest BCUT2D eigenvalue weighted by molar-refractivity contribution is -0.174. The highest BCUT2D eigenvalue weighted by molar-refractivity contribution is 7.19. The zero-order valence-electron chi connectivity index (χ0n) is 26.4. The minimum atomic E-state index is -1.10. The van der Waals surface area contributed by atoms with Gasteiger partial charge in [-0.05, 0) is 77.8 Å². The van der Waals surface area contributed by atoms with Crippen LogP contribution in [0.25, 0.3) is 21.5 Å². The maximum atomic E-state index is 13.8. The zero-order valence-corrected chi connectivity index (χ0v) is 28.0. The number of fused-ring (bicyclic) bond motifs is 1. The summed E-state index contributed by atoms with van der Waals surface area (Å²) in [5.41, 5.74) is 1.13. The molecule has 1 saturated heterocycles. The van der Waals surface area contributed by atoms with E-state index in [1.165, 1.54) is 18.3 Å². The molecule has 3 aromatic heterocycles. The highest BCUT2D eigenvalue weighted by Gasteiger charge is 2.29. The van der Waals surface area contributed by atoms with Gasteiger partial charge in [0.15, 0.2) is 5.76 Å². The van der Waals surface area contributed by atoms with Crippen LogP contribution in [0.5, 0.6) is 0 Å². The molecule has 4 heterocycles. The molecule has 0 saturated carbocycles. The molecule has 1 fully saturated rings. The largest absolute Gasteiger partial charge is 0.425 e. The fourth-order valence-corrected chi connectivity index (χ4v) is 6.31. The average molecular weight is 655 g/mol. The van der Waals surface area contributed by atoms with E-state index in [2.05, 4.69) is 29.2 Å². The zero-order chi connectivity index (χ0) is 32.5. The summed E-state index contributed by atoms with van der Waals surface area (Å²) in [6, 6.07) is 12.9. The number of nitrogens with one attached hydrogen (secondary N) is 1. The number of ether oxygens (including phenoxy) is 2. The van der Waals surface area contributed by atoms with E-state index in [1.54, 1.807) is 45.0 Å². The van der Waals surface area contributed by atoms with Crippen LogP contribution in [0.3, 0.4) is 0 Å². The van der Waals surface area contributed by atoms with Gasteiger partial charge in [0.2, 0.25) is 6.29 Å². The fourth-order valence-electron chi connectivity index (χ4n) is 5.32. The summed E-state index contributed by atoms with van der Waals surface area (Å²) >= 11 is 7.50. The summed E-state index contributed by atoms with van der Waals surface area (Å²) in [6.45, 7) is 13.1. The number of piperidine rings is 1. The van der Waals surface area contributed by atoms with Crippen LogP contribution in [0.4, 0.5) is 0 Å². The Labute approximate surface area is 271 Å². The first kappa shape index (κ1) is 32.7. The molecule has 12 heteroatoms. The van der Waals surface area contributed by atoms with Gasteiger partial charge in [0.25, 0.3) is 5.91 Å². The Hall–Kier alpha value is -3.67. The van der Waals surface area contributed by atoms with Crippen LogP contribution in [0.2, 0.25) is 4.34 Å². The molecule has 1 atom stereocenters. The Kier molecular flexibility index (Phi) is 9.71. The number of amides is 1. The third-order valence-electron chi connectivity index (χ3n) is 7.85. The van der Waals surface area contributed by atoms with Crippen molar-refractivity contribution in [1.29, 1.82) is 0 Å². The van der Waals surface area contributed by atoms with Crippen molar-refractivity contribution in [2.45, 2.75) is 79.3 Å². The number of carbonyl (C=O) groups excluding carboxylic acids is 3. The highest BCUT2D eigenvalue weighted by atomic mass is 35.5. The van der Waals surface area contributed by atoms with Crippen LogP contribution in [0, 0.1) is 5.41 Å². The van der Waals surface area contributed by atoms with E-state index >= 15 is 0 Å². The van der Waals surface area contributed by atoms with Crippen molar-refractivity contribution < 1.29 is 28.4 Å². The summed E-state index contributed by atoms with van der Waals surface area (Å²) < 4.78 is 18.9. The van der Waals surface area contributed by atoms with Crippen molar-refractivity contribution in [2.24, 2.45) is 5.41 Å².